The Hall–Kier alpha value is -6.18. The van der Waals surface area contributed by atoms with E-state index in [4.69, 9.17) is 9.47 Å². The minimum absolute atomic E-state index is 0.0161. The van der Waals surface area contributed by atoms with Crippen molar-refractivity contribution in [3.8, 4) is 6.07 Å². The molecule has 3 atom stereocenters. The molecule has 0 saturated carbocycles. The van der Waals surface area contributed by atoms with E-state index in [1.54, 1.807) is 85.7 Å². The number of amides is 7. The third-order valence-electron chi connectivity index (χ3n) is 11.1. The molecule has 0 radical (unpaired) electrons. The van der Waals surface area contributed by atoms with E-state index in [-0.39, 0.29) is 64.1 Å². The lowest BCUT2D eigenvalue weighted by atomic mass is 9.59. The Morgan fingerprint density at radius 1 is 0.774 bits per heavy atom. The molecule has 2 aromatic rings. The van der Waals surface area contributed by atoms with Crippen LogP contribution >= 0.6 is 0 Å². The molecule has 2 rings (SSSR count). The number of hydrogen-bond donors (Lipinski definition) is 6. The van der Waals surface area contributed by atoms with Crippen molar-refractivity contribution in [2.75, 3.05) is 45.2 Å². The van der Waals surface area contributed by atoms with Gasteiger partial charge >= 0.3 is 36.0 Å². The van der Waals surface area contributed by atoms with Gasteiger partial charge in [-0.15, -0.1) is 0 Å². The van der Waals surface area contributed by atoms with Gasteiger partial charge in [0.05, 0.1) is 46.2 Å². The number of aliphatic carboxylic acids is 1. The molecule has 2 aromatic carbocycles. The zero-order chi connectivity index (χ0) is 47.1. The fraction of sp³-hybridized carbons (Fsp3) is 0.556. The highest BCUT2D eigenvalue weighted by Crippen LogP contribution is 2.50. The maximum absolute atomic E-state index is 14.0. The number of rotatable bonds is 21. The van der Waals surface area contributed by atoms with Crippen LogP contribution in [0.5, 0.6) is 0 Å². The third kappa shape index (κ3) is 14.2. The summed E-state index contributed by atoms with van der Waals surface area (Å²) in [6, 6.07) is 14.1. The fourth-order valence-electron chi connectivity index (χ4n) is 7.76. The molecule has 3 unspecified atom stereocenters. The number of carbonyl (C=O) groups is 7. The molecule has 17 nitrogen and oxygen atoms in total. The molecule has 0 heterocycles. The van der Waals surface area contributed by atoms with Gasteiger partial charge in [-0.05, 0) is 103 Å². The zero-order valence-electron chi connectivity index (χ0n) is 38.0. The zero-order valence-corrected chi connectivity index (χ0v) is 38.0. The molecule has 0 aliphatic rings. The molecule has 340 valence electrons. The summed E-state index contributed by atoms with van der Waals surface area (Å²) in [5.74, 6) is -2.71. The molecule has 0 aliphatic carbocycles. The average molecular weight is 864 g/mol. The first-order chi connectivity index (χ1) is 28.8. The van der Waals surface area contributed by atoms with Gasteiger partial charge in [-0.2, -0.15) is 5.26 Å². The normalized spacial score (nSPS) is 14.2. The van der Waals surface area contributed by atoms with Gasteiger partial charge in [0.2, 0.25) is 5.91 Å². The SMILES string of the molecule is CCOC(=O)C(C)(CC(C)(CC)C(=O)O)CC(C)(CC(C)(C)C(=O)OCCNC(=O)Nc1ccccc1C#N)c1cccc(C(C)(C)NC(=O)NCCN(C(C)=O)C(=O)NC)c1. The van der Waals surface area contributed by atoms with E-state index in [0.29, 0.717) is 16.8 Å². The van der Waals surface area contributed by atoms with E-state index >= 15 is 0 Å². The topological polar surface area (TPSA) is 245 Å². The van der Waals surface area contributed by atoms with Gasteiger partial charge in [0.25, 0.3) is 0 Å². The number of imide groups is 1. The van der Waals surface area contributed by atoms with E-state index in [2.05, 4.69) is 26.6 Å². The Bertz CT molecular complexity index is 2000. The standard InChI is InChI=1S/C45H65N7O10/c1-12-43(8,35(54)55)28-45(10,37(57)61-13-2)29-44(9,27-41(4,5)36(56)62-24-22-49-38(58)50-34-20-15-14-17-31(34)26-46)33-19-16-18-32(25-33)42(6,7)51-39(59)48-21-23-52(30(3)53)40(60)47-11/h14-20,25H,12-13,21-24,27-29H2,1-11H3,(H,47,60)(H,54,55)(H2,48,51,59)(H2,49,50,58). The Morgan fingerprint density at radius 3 is 1.98 bits per heavy atom. The van der Waals surface area contributed by atoms with Gasteiger partial charge < -0.3 is 41.2 Å². The number of nitriles is 1. The van der Waals surface area contributed by atoms with E-state index < -0.39 is 69.1 Å². The van der Waals surface area contributed by atoms with Crippen molar-refractivity contribution >= 4 is 47.6 Å². The van der Waals surface area contributed by atoms with Crippen LogP contribution in [0.25, 0.3) is 0 Å². The van der Waals surface area contributed by atoms with Crippen LogP contribution in [0, 0.1) is 27.6 Å². The monoisotopic (exact) mass is 863 g/mol. The molecular weight excluding hydrogens is 799 g/mol. The minimum atomic E-state index is -1.36. The smallest absolute Gasteiger partial charge is 0.323 e. The number of hydrogen-bond acceptors (Lipinski definition) is 10. The number of carbonyl (C=O) groups excluding carboxylic acids is 6. The average Bonchev–Trinajstić information content (AvgIpc) is 3.20. The first-order valence-corrected chi connectivity index (χ1v) is 20.6. The lowest BCUT2D eigenvalue weighted by molar-refractivity contribution is -0.162. The van der Waals surface area contributed by atoms with E-state index in [0.717, 1.165) is 4.90 Å². The van der Waals surface area contributed by atoms with E-state index in [1.165, 1.54) is 14.0 Å². The number of anilines is 1. The van der Waals surface area contributed by atoms with Crippen molar-refractivity contribution in [2.24, 2.45) is 16.2 Å². The summed E-state index contributed by atoms with van der Waals surface area (Å²) in [6.45, 7) is 16.6. The van der Waals surface area contributed by atoms with Crippen LogP contribution in [0.15, 0.2) is 48.5 Å². The number of para-hydroxylation sites is 1. The number of nitrogens with one attached hydrogen (secondary N) is 5. The molecule has 0 bridgehead atoms. The van der Waals surface area contributed by atoms with Crippen molar-refractivity contribution in [1.29, 1.82) is 5.26 Å². The van der Waals surface area contributed by atoms with E-state index in [9.17, 15) is 43.9 Å². The molecule has 0 saturated heterocycles. The van der Waals surface area contributed by atoms with Crippen molar-refractivity contribution < 1.29 is 48.1 Å². The number of urea groups is 3. The number of esters is 2. The lowest BCUT2D eigenvalue weighted by Crippen LogP contribution is -2.50. The third-order valence-corrected chi connectivity index (χ3v) is 11.1. The molecule has 0 spiro atoms. The van der Waals surface area contributed by atoms with Crippen LogP contribution in [-0.4, -0.2) is 91.8 Å². The molecule has 0 fully saturated rings. The summed E-state index contributed by atoms with van der Waals surface area (Å²) in [7, 11) is 1.40. The maximum Gasteiger partial charge on any atom is 0.323 e. The second kappa shape index (κ2) is 22.1. The first-order valence-electron chi connectivity index (χ1n) is 20.6. The van der Waals surface area contributed by atoms with Crippen molar-refractivity contribution in [2.45, 2.75) is 106 Å². The Labute approximate surface area is 365 Å². The molecule has 7 amide bonds. The molecule has 0 aromatic heterocycles. The molecule has 6 N–H and O–H groups in total. The number of carboxylic acid groups (broad SMARTS) is 1. The Morgan fingerprint density at radius 2 is 1.40 bits per heavy atom. The lowest BCUT2D eigenvalue weighted by Gasteiger charge is -2.44. The summed E-state index contributed by atoms with van der Waals surface area (Å²) in [4.78, 5) is 91.1. The summed E-state index contributed by atoms with van der Waals surface area (Å²) >= 11 is 0. The number of ether oxygens (including phenoxy) is 2. The number of nitrogens with zero attached hydrogens (tertiary/aromatic N) is 2. The van der Waals surface area contributed by atoms with Crippen molar-refractivity contribution in [1.82, 2.24) is 26.2 Å². The summed E-state index contributed by atoms with van der Waals surface area (Å²) in [6.07, 6.45) is 0.336. The van der Waals surface area contributed by atoms with Gasteiger partial charge in [-0.25, -0.2) is 14.4 Å². The predicted octanol–water partition coefficient (Wildman–Crippen LogP) is 6.17. The van der Waals surface area contributed by atoms with Crippen LogP contribution < -0.4 is 26.6 Å². The van der Waals surface area contributed by atoms with Crippen LogP contribution in [0.3, 0.4) is 0 Å². The van der Waals surface area contributed by atoms with Gasteiger partial charge in [-0.1, -0.05) is 50.2 Å². The molecule has 62 heavy (non-hydrogen) atoms. The minimum Gasteiger partial charge on any atom is -0.481 e. The van der Waals surface area contributed by atoms with Crippen molar-refractivity contribution in [3.63, 3.8) is 0 Å². The summed E-state index contributed by atoms with van der Waals surface area (Å²) < 4.78 is 11.3. The Kier molecular flexibility index (Phi) is 18.5. The highest BCUT2D eigenvalue weighted by atomic mass is 16.5. The van der Waals surface area contributed by atoms with E-state index in [1.807, 2.05) is 31.2 Å². The number of benzene rings is 2. The largest absolute Gasteiger partial charge is 0.481 e. The molecule has 0 aliphatic heterocycles. The summed E-state index contributed by atoms with van der Waals surface area (Å²) in [5.41, 5.74) is -3.93. The highest BCUT2D eigenvalue weighted by molar-refractivity contribution is 5.93. The highest BCUT2D eigenvalue weighted by Gasteiger charge is 2.51. The predicted molar refractivity (Wildman–Crippen MR) is 233 cm³/mol. The van der Waals surface area contributed by atoms with Crippen LogP contribution in [0.2, 0.25) is 0 Å². The Balaban J connectivity index is 2.49. The molecular formula is C45H65N7O10. The second-order valence-electron chi connectivity index (χ2n) is 17.5. The van der Waals surface area contributed by atoms with Crippen LogP contribution in [0.4, 0.5) is 20.1 Å². The quantitative estimate of drug-likeness (QED) is 0.0612. The molecule has 17 heteroatoms. The fourth-order valence-corrected chi connectivity index (χ4v) is 7.76. The maximum atomic E-state index is 14.0. The van der Waals surface area contributed by atoms with Crippen LogP contribution in [-0.2, 0) is 39.6 Å². The van der Waals surface area contributed by atoms with Gasteiger partial charge in [0, 0.05) is 27.1 Å². The number of carboxylic acids is 1. The second-order valence-corrected chi connectivity index (χ2v) is 17.5. The van der Waals surface area contributed by atoms with Crippen LogP contribution in [0.1, 0.15) is 112 Å². The van der Waals surface area contributed by atoms with Gasteiger partial charge in [0.1, 0.15) is 12.7 Å². The van der Waals surface area contributed by atoms with Gasteiger partial charge in [0.15, 0.2) is 0 Å². The van der Waals surface area contributed by atoms with Crippen molar-refractivity contribution in [3.05, 3.63) is 65.2 Å². The van der Waals surface area contributed by atoms with Gasteiger partial charge in [-0.3, -0.25) is 24.1 Å². The first kappa shape index (κ1) is 52.0. The summed E-state index contributed by atoms with van der Waals surface area (Å²) in [5, 5.41) is 32.9.